The number of pyridine rings is 1. The van der Waals surface area contributed by atoms with E-state index < -0.39 is 0 Å². The van der Waals surface area contributed by atoms with Crippen LogP contribution in [0.5, 0.6) is 0 Å². The first kappa shape index (κ1) is 13.3. The summed E-state index contributed by atoms with van der Waals surface area (Å²) in [5.41, 5.74) is 3.10. The fourth-order valence-corrected chi connectivity index (χ4v) is 3.43. The fourth-order valence-electron chi connectivity index (χ4n) is 3.43. The minimum absolute atomic E-state index is 0.198. The van der Waals surface area contributed by atoms with Gasteiger partial charge in [-0.1, -0.05) is 6.82 Å². The third kappa shape index (κ3) is 1.70. The number of rotatable bonds is 1. The molecule has 2 aromatic rings. The average Bonchev–Trinajstić information content (AvgIpc) is 3.01. The predicted molar refractivity (Wildman–Crippen MR) is 89.0 cm³/mol. The van der Waals surface area contributed by atoms with Gasteiger partial charge in [0.2, 0.25) is 5.71 Å². The minimum atomic E-state index is 0.198. The van der Waals surface area contributed by atoms with E-state index >= 15 is 0 Å². The summed E-state index contributed by atoms with van der Waals surface area (Å²) in [6.45, 7) is 6.74. The molecule has 0 bridgehead atoms. The van der Waals surface area contributed by atoms with Crippen LogP contribution in [0.3, 0.4) is 0 Å². The topological polar surface area (TPSA) is 35.8 Å². The zero-order valence-corrected chi connectivity index (χ0v) is 13.3. The standard InChI is InChI=1S/C16H19BN4O/c1-11-10-14-15(13-6-5-7-18-16(13)22-14)17(3)21(11)20-9-8-19(4)12(20)2/h5-10,12H,1-4H3/t12-/m0/s1. The molecule has 2 aliphatic rings. The van der Waals surface area contributed by atoms with Crippen LogP contribution in [-0.4, -0.2) is 39.9 Å². The summed E-state index contributed by atoms with van der Waals surface area (Å²) in [4.78, 5) is 8.87. The summed E-state index contributed by atoms with van der Waals surface area (Å²) < 4.78 is 5.93. The second-order valence-corrected chi connectivity index (χ2v) is 6.02. The van der Waals surface area contributed by atoms with Crippen molar-refractivity contribution < 1.29 is 4.42 Å². The number of hydrogen-bond acceptors (Lipinski definition) is 5. The Morgan fingerprint density at radius 2 is 2.14 bits per heavy atom. The Hall–Kier alpha value is -2.37. The van der Waals surface area contributed by atoms with Crippen LogP contribution in [0.1, 0.15) is 19.6 Å². The van der Waals surface area contributed by atoms with Gasteiger partial charge in [-0.25, -0.2) is 4.98 Å². The summed E-state index contributed by atoms with van der Waals surface area (Å²) in [7, 11) is 2.09. The molecule has 0 fully saturated rings. The van der Waals surface area contributed by atoms with Crippen LogP contribution in [0.25, 0.3) is 17.2 Å². The fraction of sp³-hybridized carbons (Fsp3) is 0.312. The van der Waals surface area contributed by atoms with Crippen LogP contribution >= 0.6 is 0 Å². The Morgan fingerprint density at radius 3 is 2.86 bits per heavy atom. The number of nitrogens with zero attached hydrogens (tertiary/aromatic N) is 4. The molecule has 22 heavy (non-hydrogen) atoms. The molecule has 0 N–H and O–H groups in total. The maximum atomic E-state index is 5.93. The molecule has 2 aromatic heterocycles. The van der Waals surface area contributed by atoms with Gasteiger partial charge < -0.3 is 14.2 Å². The third-order valence-corrected chi connectivity index (χ3v) is 4.69. The zero-order valence-electron chi connectivity index (χ0n) is 13.3. The van der Waals surface area contributed by atoms with Crippen LogP contribution in [0.2, 0.25) is 6.82 Å². The summed E-state index contributed by atoms with van der Waals surface area (Å²) in [6, 6.07) is 4.05. The first-order chi connectivity index (χ1) is 10.6. The highest BCUT2D eigenvalue weighted by Gasteiger charge is 2.37. The lowest BCUT2D eigenvalue weighted by Gasteiger charge is -2.43. The molecular weight excluding hydrogens is 275 g/mol. The molecule has 0 aromatic carbocycles. The Bertz CT molecular complexity index is 797. The lowest BCUT2D eigenvalue weighted by atomic mass is 9.55. The highest BCUT2D eigenvalue weighted by Crippen LogP contribution is 2.29. The normalized spacial score (nSPS) is 20.9. The number of aromatic nitrogens is 1. The van der Waals surface area contributed by atoms with E-state index in [-0.39, 0.29) is 6.85 Å². The SMILES string of the molecule is CB1c2c(oc3ncccc23)C=C(C)N1N1C=CN(C)[C@@H]1C. The van der Waals surface area contributed by atoms with Crippen LogP contribution in [-0.2, 0) is 0 Å². The molecule has 4 heterocycles. The summed E-state index contributed by atoms with van der Waals surface area (Å²) in [5, 5.41) is 3.37. The van der Waals surface area contributed by atoms with Crippen molar-refractivity contribution in [1.29, 1.82) is 0 Å². The number of furan rings is 1. The van der Waals surface area contributed by atoms with Crippen LogP contribution in [0.15, 0.2) is 40.8 Å². The summed E-state index contributed by atoms with van der Waals surface area (Å²) in [5.74, 6) is 0.930. The first-order valence-corrected chi connectivity index (χ1v) is 7.61. The van der Waals surface area contributed by atoms with Gasteiger partial charge in [-0.15, -0.1) is 0 Å². The summed E-state index contributed by atoms with van der Waals surface area (Å²) in [6.07, 6.45) is 8.41. The van der Waals surface area contributed by atoms with Crippen LogP contribution in [0, 0.1) is 0 Å². The Balaban J connectivity index is 1.83. The highest BCUT2D eigenvalue weighted by molar-refractivity contribution is 6.73. The van der Waals surface area contributed by atoms with Gasteiger partial charge in [-0.05, 0) is 32.1 Å². The second kappa shape index (κ2) is 4.56. The van der Waals surface area contributed by atoms with Gasteiger partial charge in [0.1, 0.15) is 11.9 Å². The van der Waals surface area contributed by atoms with Gasteiger partial charge in [0.15, 0.2) is 0 Å². The summed E-state index contributed by atoms with van der Waals surface area (Å²) >= 11 is 0. The lowest BCUT2D eigenvalue weighted by Crippen LogP contribution is -2.57. The van der Waals surface area contributed by atoms with E-state index in [4.69, 9.17) is 4.42 Å². The smallest absolute Gasteiger partial charge is 0.315 e. The molecule has 0 spiro atoms. The molecule has 0 aliphatic carbocycles. The molecule has 0 saturated heterocycles. The van der Waals surface area contributed by atoms with Crippen molar-refractivity contribution in [2.75, 3.05) is 7.05 Å². The number of fused-ring (bicyclic) bond motifs is 3. The van der Waals surface area contributed by atoms with Crippen molar-refractivity contribution in [1.82, 2.24) is 19.8 Å². The molecule has 2 aliphatic heterocycles. The van der Waals surface area contributed by atoms with Gasteiger partial charge in [-0.3, -0.25) is 5.01 Å². The van der Waals surface area contributed by atoms with Crippen molar-refractivity contribution in [2.45, 2.75) is 26.8 Å². The van der Waals surface area contributed by atoms with E-state index in [1.165, 1.54) is 11.2 Å². The second-order valence-electron chi connectivity index (χ2n) is 6.02. The largest absolute Gasteiger partial charge is 0.439 e. The van der Waals surface area contributed by atoms with E-state index in [1.54, 1.807) is 6.20 Å². The molecule has 0 unspecified atom stereocenters. The number of hydrazine groups is 1. The predicted octanol–water partition coefficient (Wildman–Crippen LogP) is 2.31. The molecule has 4 rings (SSSR count). The van der Waals surface area contributed by atoms with E-state index in [0.29, 0.717) is 11.9 Å². The average molecular weight is 294 g/mol. The third-order valence-electron chi connectivity index (χ3n) is 4.69. The van der Waals surface area contributed by atoms with Gasteiger partial charge in [0.05, 0.1) is 0 Å². The molecule has 112 valence electrons. The van der Waals surface area contributed by atoms with Crippen molar-refractivity contribution in [3.63, 3.8) is 0 Å². The van der Waals surface area contributed by atoms with E-state index in [2.05, 4.69) is 72.1 Å². The van der Waals surface area contributed by atoms with Crippen molar-refractivity contribution in [3.8, 4) is 0 Å². The van der Waals surface area contributed by atoms with Crippen LogP contribution < -0.4 is 5.46 Å². The number of allylic oxidation sites excluding steroid dienone is 1. The Labute approximate surface area is 130 Å². The van der Waals surface area contributed by atoms with E-state index in [9.17, 15) is 0 Å². The van der Waals surface area contributed by atoms with Gasteiger partial charge in [-0.2, -0.15) is 0 Å². The van der Waals surface area contributed by atoms with E-state index in [0.717, 1.165) is 11.1 Å². The molecule has 0 amide bonds. The van der Waals surface area contributed by atoms with Gasteiger partial charge >= 0.3 is 6.85 Å². The molecule has 0 radical (unpaired) electrons. The van der Waals surface area contributed by atoms with E-state index in [1.807, 2.05) is 6.07 Å². The number of hydrogen-bond donors (Lipinski definition) is 0. The molecule has 1 atom stereocenters. The Morgan fingerprint density at radius 1 is 1.32 bits per heavy atom. The quantitative estimate of drug-likeness (QED) is 0.754. The highest BCUT2D eigenvalue weighted by atomic mass is 16.3. The minimum Gasteiger partial charge on any atom is -0.439 e. The van der Waals surface area contributed by atoms with Crippen molar-refractivity contribution in [2.24, 2.45) is 0 Å². The molecular formula is C16H19BN4O. The van der Waals surface area contributed by atoms with Crippen LogP contribution in [0.4, 0.5) is 0 Å². The maximum absolute atomic E-state index is 5.93. The lowest BCUT2D eigenvalue weighted by molar-refractivity contribution is 0.0635. The molecule has 0 saturated carbocycles. The first-order valence-electron chi connectivity index (χ1n) is 7.61. The Kier molecular flexibility index (Phi) is 2.76. The maximum Gasteiger partial charge on any atom is 0.315 e. The zero-order chi connectivity index (χ0) is 15.4. The molecule has 6 heteroatoms. The van der Waals surface area contributed by atoms with Gasteiger partial charge in [0.25, 0.3) is 0 Å². The van der Waals surface area contributed by atoms with Crippen molar-refractivity contribution in [3.05, 3.63) is 42.2 Å². The molecule has 5 nitrogen and oxygen atoms in total. The van der Waals surface area contributed by atoms with Gasteiger partial charge in [0, 0.05) is 42.2 Å². The van der Waals surface area contributed by atoms with Crippen molar-refractivity contribution >= 4 is 29.5 Å². The monoisotopic (exact) mass is 294 g/mol.